The van der Waals surface area contributed by atoms with Gasteiger partial charge in [0, 0.05) is 6.04 Å². The Bertz CT molecular complexity index is 343. The Morgan fingerprint density at radius 3 is 2.25 bits per heavy atom. The normalized spacial score (nSPS) is 13.1. The van der Waals surface area contributed by atoms with Crippen LogP contribution in [0.4, 0.5) is 5.69 Å². The Morgan fingerprint density at radius 2 is 1.81 bits per heavy atom. The van der Waals surface area contributed by atoms with Crippen LogP contribution in [-0.2, 0) is 6.42 Å². The standard InChI is InChI=1S/C12H18Cl2N2/c1-4-16(3)8(2)5-9-6-10(13)12(15)11(14)7-9/h6-8H,4-5,15H2,1-3H3. The van der Waals surface area contributed by atoms with E-state index >= 15 is 0 Å². The molecule has 2 nitrogen and oxygen atoms in total. The van der Waals surface area contributed by atoms with Crippen LogP contribution in [0, 0.1) is 0 Å². The first kappa shape index (κ1) is 13.6. The van der Waals surface area contributed by atoms with E-state index in [4.69, 9.17) is 28.9 Å². The van der Waals surface area contributed by atoms with Crippen molar-refractivity contribution in [3.05, 3.63) is 27.7 Å². The molecule has 0 aromatic heterocycles. The molecule has 0 radical (unpaired) electrons. The van der Waals surface area contributed by atoms with Gasteiger partial charge in [-0.2, -0.15) is 0 Å². The summed E-state index contributed by atoms with van der Waals surface area (Å²) in [7, 11) is 2.10. The average molecular weight is 261 g/mol. The van der Waals surface area contributed by atoms with Gasteiger partial charge in [0.25, 0.3) is 0 Å². The summed E-state index contributed by atoms with van der Waals surface area (Å²) in [5.41, 5.74) is 7.28. The summed E-state index contributed by atoms with van der Waals surface area (Å²) in [5, 5.41) is 1.07. The number of hydrogen-bond acceptors (Lipinski definition) is 2. The van der Waals surface area contributed by atoms with Crippen LogP contribution in [0.15, 0.2) is 12.1 Å². The lowest BCUT2D eigenvalue weighted by atomic mass is 10.1. The molecule has 1 atom stereocenters. The zero-order chi connectivity index (χ0) is 12.3. The highest BCUT2D eigenvalue weighted by Gasteiger charge is 2.11. The van der Waals surface area contributed by atoms with Crippen molar-refractivity contribution in [1.82, 2.24) is 4.90 Å². The molecular formula is C12H18Cl2N2. The second kappa shape index (κ2) is 5.76. The molecule has 0 fully saturated rings. The van der Waals surface area contributed by atoms with Crippen molar-refractivity contribution in [2.24, 2.45) is 0 Å². The number of likely N-dealkylation sites (N-methyl/N-ethyl adjacent to an activating group) is 1. The van der Waals surface area contributed by atoms with E-state index in [0.717, 1.165) is 18.5 Å². The molecule has 0 saturated heterocycles. The second-order valence-corrected chi connectivity index (χ2v) is 4.91. The molecule has 4 heteroatoms. The summed E-state index contributed by atoms with van der Waals surface area (Å²) < 4.78 is 0. The van der Waals surface area contributed by atoms with Gasteiger partial charge in [-0.15, -0.1) is 0 Å². The van der Waals surface area contributed by atoms with Gasteiger partial charge in [-0.05, 0) is 44.6 Å². The monoisotopic (exact) mass is 260 g/mol. The van der Waals surface area contributed by atoms with E-state index in [1.807, 2.05) is 12.1 Å². The van der Waals surface area contributed by atoms with Gasteiger partial charge in [0.15, 0.2) is 0 Å². The Kier molecular flexibility index (Phi) is 4.90. The maximum atomic E-state index is 5.99. The third-order valence-electron chi connectivity index (χ3n) is 2.92. The lowest BCUT2D eigenvalue weighted by molar-refractivity contribution is 0.270. The summed E-state index contributed by atoms with van der Waals surface area (Å²) in [6.07, 6.45) is 0.921. The number of anilines is 1. The van der Waals surface area contributed by atoms with Gasteiger partial charge in [0.05, 0.1) is 15.7 Å². The lowest BCUT2D eigenvalue weighted by Gasteiger charge is -2.23. The van der Waals surface area contributed by atoms with Crippen molar-refractivity contribution in [3.63, 3.8) is 0 Å². The molecule has 1 aromatic carbocycles. The van der Waals surface area contributed by atoms with E-state index in [1.54, 1.807) is 0 Å². The minimum atomic E-state index is 0.459. The number of rotatable bonds is 4. The topological polar surface area (TPSA) is 29.3 Å². The Balaban J connectivity index is 2.82. The highest BCUT2D eigenvalue weighted by molar-refractivity contribution is 6.38. The first-order valence-electron chi connectivity index (χ1n) is 5.39. The Labute approximate surface area is 107 Å². The Morgan fingerprint density at radius 1 is 1.31 bits per heavy atom. The zero-order valence-corrected chi connectivity index (χ0v) is 11.4. The van der Waals surface area contributed by atoms with Crippen LogP contribution in [0.5, 0.6) is 0 Å². The number of benzene rings is 1. The van der Waals surface area contributed by atoms with E-state index in [-0.39, 0.29) is 0 Å². The van der Waals surface area contributed by atoms with Crippen molar-refractivity contribution >= 4 is 28.9 Å². The van der Waals surface area contributed by atoms with Crippen LogP contribution in [0.1, 0.15) is 19.4 Å². The van der Waals surface area contributed by atoms with Crippen molar-refractivity contribution in [2.45, 2.75) is 26.3 Å². The average Bonchev–Trinajstić information content (AvgIpc) is 2.24. The first-order valence-corrected chi connectivity index (χ1v) is 6.15. The zero-order valence-electron chi connectivity index (χ0n) is 9.93. The quantitative estimate of drug-likeness (QED) is 0.841. The van der Waals surface area contributed by atoms with Crippen LogP contribution in [0.2, 0.25) is 10.0 Å². The number of nitrogen functional groups attached to an aromatic ring is 1. The smallest absolute Gasteiger partial charge is 0.0693 e. The van der Waals surface area contributed by atoms with Gasteiger partial charge >= 0.3 is 0 Å². The lowest BCUT2D eigenvalue weighted by Crippen LogP contribution is -2.30. The molecule has 90 valence electrons. The molecule has 2 N–H and O–H groups in total. The second-order valence-electron chi connectivity index (χ2n) is 4.10. The molecule has 0 aliphatic carbocycles. The summed E-state index contributed by atoms with van der Waals surface area (Å²) in [4.78, 5) is 2.28. The van der Waals surface area contributed by atoms with E-state index < -0.39 is 0 Å². The predicted molar refractivity (Wildman–Crippen MR) is 72.3 cm³/mol. The maximum absolute atomic E-state index is 5.99. The number of nitrogens with zero attached hydrogens (tertiary/aromatic N) is 1. The van der Waals surface area contributed by atoms with Gasteiger partial charge in [-0.25, -0.2) is 0 Å². The summed E-state index contributed by atoms with van der Waals surface area (Å²) >= 11 is 12.0. The van der Waals surface area contributed by atoms with Gasteiger partial charge in [0.2, 0.25) is 0 Å². The van der Waals surface area contributed by atoms with Gasteiger partial charge in [0.1, 0.15) is 0 Å². The van der Waals surface area contributed by atoms with Crippen molar-refractivity contribution in [1.29, 1.82) is 0 Å². The minimum Gasteiger partial charge on any atom is -0.396 e. The number of halogens is 2. The fourth-order valence-electron chi connectivity index (χ4n) is 1.56. The summed E-state index contributed by atoms with van der Waals surface area (Å²) in [6.45, 7) is 5.35. The molecule has 0 heterocycles. The van der Waals surface area contributed by atoms with Crippen LogP contribution in [0.3, 0.4) is 0 Å². The summed E-state index contributed by atoms with van der Waals surface area (Å²) in [6, 6.07) is 4.24. The maximum Gasteiger partial charge on any atom is 0.0693 e. The number of nitrogens with two attached hydrogens (primary N) is 1. The molecule has 16 heavy (non-hydrogen) atoms. The van der Waals surface area contributed by atoms with Crippen molar-refractivity contribution in [3.8, 4) is 0 Å². The fourth-order valence-corrected chi connectivity index (χ4v) is 2.10. The van der Waals surface area contributed by atoms with Gasteiger partial charge in [-0.1, -0.05) is 30.1 Å². The SMILES string of the molecule is CCN(C)C(C)Cc1cc(Cl)c(N)c(Cl)c1. The van der Waals surface area contributed by atoms with Crippen LogP contribution >= 0.6 is 23.2 Å². The van der Waals surface area contributed by atoms with E-state index in [1.165, 1.54) is 0 Å². The van der Waals surface area contributed by atoms with E-state index in [0.29, 0.717) is 21.8 Å². The highest BCUT2D eigenvalue weighted by Crippen LogP contribution is 2.29. The molecule has 1 aromatic rings. The largest absolute Gasteiger partial charge is 0.396 e. The van der Waals surface area contributed by atoms with Gasteiger partial charge < -0.3 is 10.6 Å². The Hall–Kier alpha value is -0.440. The molecule has 0 bridgehead atoms. The molecule has 0 spiro atoms. The molecule has 0 saturated carbocycles. The van der Waals surface area contributed by atoms with Crippen LogP contribution < -0.4 is 5.73 Å². The van der Waals surface area contributed by atoms with Gasteiger partial charge in [-0.3, -0.25) is 0 Å². The minimum absolute atomic E-state index is 0.459. The first-order chi connectivity index (χ1) is 7.45. The van der Waals surface area contributed by atoms with Crippen LogP contribution in [-0.4, -0.2) is 24.5 Å². The third kappa shape index (κ3) is 3.27. The highest BCUT2D eigenvalue weighted by atomic mass is 35.5. The molecular weight excluding hydrogens is 243 g/mol. The molecule has 0 amide bonds. The third-order valence-corrected chi connectivity index (χ3v) is 3.55. The fraction of sp³-hybridized carbons (Fsp3) is 0.500. The molecule has 1 unspecified atom stereocenters. The van der Waals surface area contributed by atoms with Crippen molar-refractivity contribution in [2.75, 3.05) is 19.3 Å². The molecule has 0 aliphatic rings. The van der Waals surface area contributed by atoms with Crippen LogP contribution in [0.25, 0.3) is 0 Å². The predicted octanol–water partition coefficient (Wildman–Crippen LogP) is 3.46. The molecule has 1 rings (SSSR count). The van der Waals surface area contributed by atoms with Crippen molar-refractivity contribution < 1.29 is 0 Å². The van der Waals surface area contributed by atoms with E-state index in [2.05, 4.69) is 25.8 Å². The summed E-state index contributed by atoms with van der Waals surface area (Å²) in [5.74, 6) is 0. The number of hydrogen-bond donors (Lipinski definition) is 1. The molecule has 0 aliphatic heterocycles. The van der Waals surface area contributed by atoms with E-state index in [9.17, 15) is 0 Å².